The van der Waals surface area contributed by atoms with Crippen molar-refractivity contribution in [3.63, 3.8) is 0 Å². The molecule has 8 nitrogen and oxygen atoms in total. The van der Waals surface area contributed by atoms with Crippen molar-refractivity contribution in [2.24, 2.45) is 5.92 Å². The highest BCUT2D eigenvalue weighted by molar-refractivity contribution is 7.89. The van der Waals surface area contributed by atoms with Gasteiger partial charge in [0.15, 0.2) is 5.13 Å². The number of carbonyl (C=O) groups excluding carboxylic acids is 1. The van der Waals surface area contributed by atoms with Gasteiger partial charge in [0.05, 0.1) is 21.2 Å². The number of carbonyl (C=O) groups is 1. The number of benzene rings is 2. The molecular formula is C24H23ClFN5O3S2. The molecule has 0 bridgehead atoms. The molecule has 5 rings (SSSR count). The Morgan fingerprint density at radius 2 is 1.89 bits per heavy atom. The molecule has 1 saturated heterocycles. The van der Waals surface area contributed by atoms with Crippen LogP contribution in [0.1, 0.15) is 12.8 Å². The lowest BCUT2D eigenvalue weighted by Crippen LogP contribution is -2.45. The van der Waals surface area contributed by atoms with E-state index in [1.165, 1.54) is 27.8 Å². The molecule has 1 amide bonds. The van der Waals surface area contributed by atoms with Crippen molar-refractivity contribution < 1.29 is 17.6 Å². The summed E-state index contributed by atoms with van der Waals surface area (Å²) >= 11 is 7.72. The quantitative estimate of drug-likeness (QED) is 0.342. The summed E-state index contributed by atoms with van der Waals surface area (Å²) in [6.07, 6.45) is 4.27. The molecule has 0 unspecified atom stereocenters. The van der Waals surface area contributed by atoms with Crippen LogP contribution in [0.2, 0.25) is 5.02 Å². The van der Waals surface area contributed by atoms with E-state index in [2.05, 4.69) is 10.1 Å². The molecule has 1 aliphatic heterocycles. The highest BCUT2D eigenvalue weighted by Gasteiger charge is 2.35. The van der Waals surface area contributed by atoms with Crippen LogP contribution in [0, 0.1) is 11.7 Å². The number of thiazole rings is 1. The highest BCUT2D eigenvalue weighted by Crippen LogP contribution is 2.34. The Labute approximate surface area is 217 Å². The maximum Gasteiger partial charge on any atom is 0.243 e. The van der Waals surface area contributed by atoms with Gasteiger partial charge in [0.2, 0.25) is 15.9 Å². The zero-order valence-electron chi connectivity index (χ0n) is 19.1. The Bertz CT molecular complexity index is 1470. The van der Waals surface area contributed by atoms with E-state index in [1.54, 1.807) is 21.8 Å². The van der Waals surface area contributed by atoms with Crippen molar-refractivity contribution in [3.8, 4) is 0 Å². The molecule has 188 valence electrons. The van der Waals surface area contributed by atoms with E-state index in [0.717, 1.165) is 16.8 Å². The van der Waals surface area contributed by atoms with Crippen LogP contribution in [0.5, 0.6) is 0 Å². The van der Waals surface area contributed by atoms with Crippen molar-refractivity contribution in [2.45, 2.75) is 24.3 Å². The van der Waals surface area contributed by atoms with Crippen molar-refractivity contribution >= 4 is 54.2 Å². The maximum absolute atomic E-state index is 13.7. The van der Waals surface area contributed by atoms with E-state index in [-0.39, 0.29) is 29.8 Å². The summed E-state index contributed by atoms with van der Waals surface area (Å²) in [6, 6.07) is 12.1. The first-order valence-electron chi connectivity index (χ1n) is 11.4. The highest BCUT2D eigenvalue weighted by atomic mass is 35.5. The van der Waals surface area contributed by atoms with E-state index in [0.29, 0.717) is 41.6 Å². The molecule has 0 radical (unpaired) electrons. The average molecular weight is 548 g/mol. The van der Waals surface area contributed by atoms with Crippen LogP contribution in [0.4, 0.5) is 9.52 Å². The van der Waals surface area contributed by atoms with Gasteiger partial charge in [-0.25, -0.2) is 17.8 Å². The number of nitrogens with zero attached hydrogens (tertiary/aromatic N) is 5. The number of para-hydroxylation sites is 1. The van der Waals surface area contributed by atoms with Crippen LogP contribution in [0.25, 0.3) is 10.2 Å². The third kappa shape index (κ3) is 5.01. The van der Waals surface area contributed by atoms with E-state index in [9.17, 15) is 17.6 Å². The number of piperidine rings is 1. The van der Waals surface area contributed by atoms with E-state index in [4.69, 9.17) is 11.6 Å². The molecule has 0 saturated carbocycles. The Kier molecular flexibility index (Phi) is 7.07. The summed E-state index contributed by atoms with van der Waals surface area (Å²) < 4.78 is 43.2. The molecule has 0 aliphatic carbocycles. The molecule has 2 aromatic carbocycles. The minimum absolute atomic E-state index is 0.0425. The van der Waals surface area contributed by atoms with Crippen molar-refractivity contribution in [1.82, 2.24) is 19.1 Å². The largest absolute Gasteiger partial charge is 0.286 e. The van der Waals surface area contributed by atoms with Crippen molar-refractivity contribution in [3.05, 3.63) is 71.8 Å². The second kappa shape index (κ2) is 10.3. The number of hydrogen-bond donors (Lipinski definition) is 0. The molecule has 4 aromatic rings. The zero-order chi connectivity index (χ0) is 25.3. The van der Waals surface area contributed by atoms with Crippen LogP contribution in [-0.2, 0) is 21.4 Å². The van der Waals surface area contributed by atoms with E-state index >= 15 is 0 Å². The summed E-state index contributed by atoms with van der Waals surface area (Å²) in [5.74, 6) is -0.953. The lowest BCUT2D eigenvalue weighted by molar-refractivity contribution is -0.123. The minimum atomic E-state index is -3.76. The fraction of sp³-hybridized carbons (Fsp3) is 0.292. The maximum atomic E-state index is 13.7. The lowest BCUT2D eigenvalue weighted by atomic mass is 9.96. The summed E-state index contributed by atoms with van der Waals surface area (Å²) in [6.45, 7) is 1.26. The molecule has 2 aromatic heterocycles. The van der Waals surface area contributed by atoms with Gasteiger partial charge in [-0.15, -0.1) is 0 Å². The second-order valence-electron chi connectivity index (χ2n) is 8.47. The van der Waals surface area contributed by atoms with Gasteiger partial charge in [0.1, 0.15) is 11.3 Å². The van der Waals surface area contributed by atoms with Gasteiger partial charge in [0.25, 0.3) is 0 Å². The van der Waals surface area contributed by atoms with Gasteiger partial charge in [-0.2, -0.15) is 9.40 Å². The molecule has 12 heteroatoms. The van der Waals surface area contributed by atoms with Gasteiger partial charge in [-0.1, -0.05) is 29.0 Å². The third-order valence-corrected chi connectivity index (χ3v) is 9.48. The Hall–Kier alpha value is -2.86. The lowest BCUT2D eigenvalue weighted by Gasteiger charge is -2.33. The van der Waals surface area contributed by atoms with Gasteiger partial charge >= 0.3 is 0 Å². The van der Waals surface area contributed by atoms with Crippen LogP contribution in [0.15, 0.2) is 65.8 Å². The normalized spacial score (nSPS) is 15.4. The first kappa shape index (κ1) is 24.8. The third-order valence-electron chi connectivity index (χ3n) is 6.22. The van der Waals surface area contributed by atoms with E-state index in [1.807, 2.05) is 24.4 Å². The van der Waals surface area contributed by atoms with Crippen molar-refractivity contribution in [2.75, 3.05) is 24.5 Å². The van der Waals surface area contributed by atoms with Crippen molar-refractivity contribution in [1.29, 1.82) is 0 Å². The van der Waals surface area contributed by atoms with Crippen LogP contribution >= 0.6 is 22.9 Å². The summed E-state index contributed by atoms with van der Waals surface area (Å²) in [4.78, 5) is 20.1. The monoisotopic (exact) mass is 547 g/mol. The first-order chi connectivity index (χ1) is 17.3. The Balaban J connectivity index is 1.34. The van der Waals surface area contributed by atoms with Gasteiger partial charge in [0, 0.05) is 37.9 Å². The number of halogens is 2. The van der Waals surface area contributed by atoms with Gasteiger partial charge in [-0.3, -0.25) is 14.4 Å². The zero-order valence-corrected chi connectivity index (χ0v) is 21.5. The van der Waals surface area contributed by atoms with Gasteiger partial charge in [-0.05, 0) is 55.3 Å². The second-order valence-corrected chi connectivity index (χ2v) is 11.8. The number of amides is 1. The molecule has 1 fully saturated rings. The molecular weight excluding hydrogens is 525 g/mol. The molecule has 0 N–H and O–H groups in total. The fourth-order valence-corrected chi connectivity index (χ4v) is 7.04. The smallest absolute Gasteiger partial charge is 0.243 e. The first-order valence-corrected chi connectivity index (χ1v) is 14.1. The predicted molar refractivity (Wildman–Crippen MR) is 137 cm³/mol. The number of rotatable bonds is 7. The Morgan fingerprint density at radius 1 is 1.14 bits per heavy atom. The molecule has 0 spiro atoms. The molecule has 3 heterocycles. The number of fused-ring (bicyclic) bond motifs is 1. The van der Waals surface area contributed by atoms with Gasteiger partial charge < -0.3 is 0 Å². The summed E-state index contributed by atoms with van der Waals surface area (Å²) in [5, 5.41) is 5.30. The van der Waals surface area contributed by atoms with E-state index < -0.39 is 15.8 Å². The predicted octanol–water partition coefficient (Wildman–Crippen LogP) is 4.42. The molecule has 36 heavy (non-hydrogen) atoms. The van der Waals surface area contributed by atoms with Crippen LogP contribution in [-0.4, -0.2) is 53.0 Å². The Morgan fingerprint density at radius 3 is 2.56 bits per heavy atom. The summed E-state index contributed by atoms with van der Waals surface area (Å²) in [7, 11) is -3.76. The minimum Gasteiger partial charge on any atom is -0.286 e. The number of hydrogen-bond acceptors (Lipinski definition) is 6. The summed E-state index contributed by atoms with van der Waals surface area (Å²) in [5.41, 5.74) is 0.649. The number of sulfonamides is 1. The van der Waals surface area contributed by atoms with Crippen LogP contribution < -0.4 is 4.90 Å². The molecule has 0 atom stereocenters. The number of anilines is 1. The fourth-order valence-electron chi connectivity index (χ4n) is 4.27. The SMILES string of the molecule is O=C(C1CCN(S(=O)(=O)c2ccc(F)cc2)CC1)N(CCn1cccn1)c1nc2c(Cl)cccc2s1. The number of aromatic nitrogens is 3. The molecule has 1 aliphatic rings. The average Bonchev–Trinajstić information content (AvgIpc) is 3.55. The standard InChI is InChI=1S/C24H23ClFN5O3S2/c25-20-3-1-4-21-22(20)28-24(35-21)31(16-15-29-12-2-11-27-29)23(32)17-9-13-30(14-10-17)36(33,34)19-7-5-18(26)6-8-19/h1-8,11-12,17H,9-10,13-16H2. The van der Waals surface area contributed by atoms with Crippen LogP contribution in [0.3, 0.4) is 0 Å². The topological polar surface area (TPSA) is 88.4 Å².